The van der Waals surface area contributed by atoms with Crippen molar-refractivity contribution >= 4 is 53.2 Å². The molecule has 0 spiro atoms. The molecule has 7 amide bonds. The fraction of sp³-hybridized carbons (Fsp3) is 0.674. The molecule has 1 aromatic carbocycles. The standard InChI is InChI=1S/C41H68N8O15.C2H4O2/c1-22(2)31(47-35(55)23(3)44-40(59)64-41(5,6)7)38(58)43-17-11-18-62-39-34(54)33(53)32(52)29(63-39)21-61-19-15-30(51)46-27(12-9-10-16-42)37(57)49-48-36(56)26-20-25(45-24(4)50)13-14-28(26)60-8;1-2(3)4/h13-14,20,22-23,27,29,31-34,39,52-54H,9-12,15-19,21,42H2,1-8H3,(H,43,58)(H,44,59)(H,45,50)(H,46,51)(H,47,55)(H,48,56)(H,49,57);1H3,(H,3,4)/t23-,27-,29+,31-,32+,33-,34+,39?;/m0./s1. The van der Waals surface area contributed by atoms with Gasteiger partial charge in [0.2, 0.25) is 23.6 Å². The molecule has 386 valence electrons. The van der Waals surface area contributed by atoms with E-state index >= 15 is 0 Å². The average Bonchev–Trinajstić information content (AvgIpc) is 3.24. The lowest BCUT2D eigenvalue weighted by molar-refractivity contribution is -0.302. The Morgan fingerprint density at radius 2 is 1.50 bits per heavy atom. The van der Waals surface area contributed by atoms with E-state index in [2.05, 4.69) is 37.4 Å². The van der Waals surface area contributed by atoms with Gasteiger partial charge in [-0.25, -0.2) is 4.79 Å². The SMILES string of the molecule is CC(=O)O.COc1ccc(NC(C)=O)cc1C(=O)NNC(=O)[C@H](CCCCN)NC(=O)CCOC[C@H]1OC(OCCCNC(=O)[C@@H](NC(=O)[C@H](C)NC(=O)OC(C)(C)C)C(C)C)[C@H](O)[C@@H](O)[C@@H]1O. The summed E-state index contributed by atoms with van der Waals surface area (Å²) in [5.74, 6) is -4.44. The van der Waals surface area contributed by atoms with Gasteiger partial charge in [-0.2, -0.15) is 0 Å². The Morgan fingerprint density at radius 3 is 2.09 bits per heavy atom. The highest BCUT2D eigenvalue weighted by atomic mass is 16.7. The molecular weight excluding hydrogens is 901 g/mol. The molecule has 0 aromatic heterocycles. The Kier molecular flexibility index (Phi) is 27.2. The maximum Gasteiger partial charge on any atom is 0.408 e. The van der Waals surface area contributed by atoms with Crippen LogP contribution in [0.3, 0.4) is 0 Å². The van der Waals surface area contributed by atoms with Crippen molar-refractivity contribution in [3.05, 3.63) is 23.8 Å². The number of nitrogens with two attached hydrogens (primary N) is 1. The van der Waals surface area contributed by atoms with Crippen molar-refractivity contribution in [1.29, 1.82) is 0 Å². The number of anilines is 1. The summed E-state index contributed by atoms with van der Waals surface area (Å²) in [5, 5.41) is 51.9. The first-order valence-electron chi connectivity index (χ1n) is 22.0. The first-order valence-corrected chi connectivity index (χ1v) is 22.0. The number of ether oxygens (including phenoxy) is 5. The number of nitrogens with one attached hydrogen (secondary N) is 7. The molecular formula is C43H72N8O17. The second kappa shape index (κ2) is 30.6. The fourth-order valence-electron chi connectivity index (χ4n) is 5.98. The van der Waals surface area contributed by atoms with E-state index in [9.17, 15) is 48.9 Å². The molecule has 1 aliphatic heterocycles. The minimum Gasteiger partial charge on any atom is -0.496 e. The number of benzene rings is 1. The van der Waals surface area contributed by atoms with E-state index in [0.717, 1.165) is 6.92 Å². The van der Waals surface area contributed by atoms with Crippen LogP contribution < -0.4 is 47.9 Å². The van der Waals surface area contributed by atoms with Crippen LogP contribution in [-0.2, 0) is 47.7 Å². The number of unbranched alkanes of at least 4 members (excludes halogenated alkanes) is 1. The number of carboxylic acids is 1. The summed E-state index contributed by atoms with van der Waals surface area (Å²) in [6.45, 7) is 12.2. The summed E-state index contributed by atoms with van der Waals surface area (Å²) < 4.78 is 27.2. The minimum atomic E-state index is -1.67. The third kappa shape index (κ3) is 23.3. The monoisotopic (exact) mass is 973 g/mol. The highest BCUT2D eigenvalue weighted by Gasteiger charge is 2.44. The van der Waals surface area contributed by atoms with E-state index in [1.807, 2.05) is 0 Å². The Balaban J connectivity index is 0.00000554. The van der Waals surface area contributed by atoms with Gasteiger partial charge in [0.05, 0.1) is 32.5 Å². The van der Waals surface area contributed by atoms with E-state index in [-0.39, 0.29) is 68.8 Å². The molecule has 25 nitrogen and oxygen atoms in total. The van der Waals surface area contributed by atoms with Gasteiger partial charge in [-0.3, -0.25) is 44.4 Å². The second-order valence-corrected chi connectivity index (χ2v) is 16.9. The van der Waals surface area contributed by atoms with Crippen LogP contribution in [0.25, 0.3) is 0 Å². The van der Waals surface area contributed by atoms with Crippen LogP contribution in [0.1, 0.15) is 97.9 Å². The van der Waals surface area contributed by atoms with Crippen LogP contribution >= 0.6 is 0 Å². The number of hydrogen-bond acceptors (Lipinski definition) is 17. The number of alkyl carbamates (subject to hydrolysis) is 1. The molecule has 1 fully saturated rings. The lowest BCUT2D eigenvalue weighted by Crippen LogP contribution is -2.59. The summed E-state index contributed by atoms with van der Waals surface area (Å²) >= 11 is 0. The average molecular weight is 973 g/mol. The zero-order chi connectivity index (χ0) is 51.7. The Bertz CT molecular complexity index is 1810. The number of hydrazine groups is 1. The molecule has 1 saturated heterocycles. The number of aliphatic carboxylic acids is 1. The van der Waals surface area contributed by atoms with Crippen LogP contribution in [0.2, 0.25) is 0 Å². The number of rotatable bonds is 24. The summed E-state index contributed by atoms with van der Waals surface area (Å²) in [6, 6.07) is 1.40. The summed E-state index contributed by atoms with van der Waals surface area (Å²) in [7, 11) is 1.35. The zero-order valence-electron chi connectivity index (χ0n) is 40.2. The van der Waals surface area contributed by atoms with E-state index in [4.69, 9.17) is 39.3 Å². The van der Waals surface area contributed by atoms with Gasteiger partial charge in [0.1, 0.15) is 53.9 Å². The van der Waals surface area contributed by atoms with Crippen LogP contribution in [0.5, 0.6) is 5.75 Å². The van der Waals surface area contributed by atoms with Gasteiger partial charge >= 0.3 is 6.09 Å². The van der Waals surface area contributed by atoms with Gasteiger partial charge in [0, 0.05) is 32.5 Å². The van der Waals surface area contributed by atoms with E-state index in [1.165, 1.54) is 39.2 Å². The maximum absolute atomic E-state index is 13.1. The second-order valence-electron chi connectivity index (χ2n) is 16.9. The number of aliphatic hydroxyl groups excluding tert-OH is 3. The highest BCUT2D eigenvalue weighted by Crippen LogP contribution is 2.24. The summed E-state index contributed by atoms with van der Waals surface area (Å²) in [5.41, 5.74) is 9.78. The molecule has 13 N–H and O–H groups in total. The van der Waals surface area contributed by atoms with Crippen molar-refractivity contribution in [3.8, 4) is 5.75 Å². The summed E-state index contributed by atoms with van der Waals surface area (Å²) in [6.07, 6.45) is -7.00. The predicted molar refractivity (Wildman–Crippen MR) is 242 cm³/mol. The Morgan fingerprint density at radius 1 is 0.838 bits per heavy atom. The quantitative estimate of drug-likeness (QED) is 0.0433. The predicted octanol–water partition coefficient (Wildman–Crippen LogP) is -1.09. The molecule has 2 rings (SSSR count). The topological polar surface area (TPSA) is 374 Å². The molecule has 8 atom stereocenters. The fourth-order valence-corrected chi connectivity index (χ4v) is 5.98. The van der Waals surface area contributed by atoms with E-state index in [0.29, 0.717) is 25.1 Å². The molecule has 1 unspecified atom stereocenters. The van der Waals surface area contributed by atoms with Crippen molar-refractivity contribution in [1.82, 2.24) is 32.1 Å². The lowest BCUT2D eigenvalue weighted by atomic mass is 9.99. The number of aliphatic hydroxyl groups is 3. The van der Waals surface area contributed by atoms with E-state index in [1.54, 1.807) is 34.6 Å². The van der Waals surface area contributed by atoms with Crippen molar-refractivity contribution in [2.24, 2.45) is 11.7 Å². The number of methoxy groups -OCH3 is 1. The Labute approximate surface area is 395 Å². The number of amides is 7. The molecule has 68 heavy (non-hydrogen) atoms. The van der Waals surface area contributed by atoms with Crippen molar-refractivity contribution in [2.75, 3.05) is 45.3 Å². The van der Waals surface area contributed by atoms with Crippen LogP contribution in [0.15, 0.2) is 18.2 Å². The van der Waals surface area contributed by atoms with Gasteiger partial charge in [0.25, 0.3) is 17.8 Å². The van der Waals surface area contributed by atoms with Gasteiger partial charge < -0.3 is 76.4 Å². The van der Waals surface area contributed by atoms with Gasteiger partial charge in [-0.05, 0) is 84.0 Å². The molecule has 0 radical (unpaired) electrons. The molecule has 1 aromatic rings. The normalized spacial score (nSPS) is 19.1. The summed E-state index contributed by atoms with van der Waals surface area (Å²) in [4.78, 5) is 97.1. The van der Waals surface area contributed by atoms with Crippen molar-refractivity contribution in [3.63, 3.8) is 0 Å². The first-order chi connectivity index (χ1) is 31.8. The zero-order valence-corrected chi connectivity index (χ0v) is 40.2. The minimum absolute atomic E-state index is 0.0204. The van der Waals surface area contributed by atoms with Crippen LogP contribution in [0.4, 0.5) is 10.5 Å². The van der Waals surface area contributed by atoms with Gasteiger partial charge in [0.15, 0.2) is 6.29 Å². The molecule has 1 aliphatic rings. The molecule has 0 saturated carbocycles. The van der Waals surface area contributed by atoms with Crippen LogP contribution in [-0.4, -0.2) is 162 Å². The lowest BCUT2D eigenvalue weighted by Gasteiger charge is -2.40. The highest BCUT2D eigenvalue weighted by molar-refractivity contribution is 6.00. The number of carbonyl (C=O) groups excluding carboxylic acids is 7. The van der Waals surface area contributed by atoms with Gasteiger partial charge in [-0.15, -0.1) is 0 Å². The van der Waals surface area contributed by atoms with Crippen molar-refractivity contribution < 1.29 is 82.5 Å². The number of hydrogen-bond donors (Lipinski definition) is 12. The maximum atomic E-state index is 13.1. The molecule has 0 bridgehead atoms. The smallest absolute Gasteiger partial charge is 0.408 e. The first kappa shape index (κ1) is 60.3. The van der Waals surface area contributed by atoms with E-state index < -0.39 is 96.0 Å². The largest absolute Gasteiger partial charge is 0.496 e. The molecule has 25 heteroatoms. The van der Waals surface area contributed by atoms with Crippen LogP contribution in [0, 0.1) is 5.92 Å². The van der Waals surface area contributed by atoms with Gasteiger partial charge in [-0.1, -0.05) is 13.8 Å². The third-order valence-corrected chi connectivity index (χ3v) is 9.36. The number of carboxylic acid groups (broad SMARTS) is 1. The molecule has 1 heterocycles. The van der Waals surface area contributed by atoms with Crippen molar-refractivity contribution in [2.45, 2.75) is 142 Å². The number of carbonyl (C=O) groups is 8. The molecule has 0 aliphatic carbocycles. The Hall–Kier alpha value is -5.70. The third-order valence-electron chi connectivity index (χ3n) is 9.36.